The molecule has 2 atom stereocenters. The normalized spacial score (nSPS) is 15.9. The van der Waals surface area contributed by atoms with Gasteiger partial charge in [-0.15, -0.1) is 6.58 Å². The summed E-state index contributed by atoms with van der Waals surface area (Å²) in [5, 5.41) is 14.1. The zero-order chi connectivity index (χ0) is 15.2. The Morgan fingerprint density at radius 1 is 1.30 bits per heavy atom. The SMILES string of the molecule is C=CCC(O)(CCNC(C)c1ccc(Br)cc1)C(C)C. The molecule has 2 unspecified atom stereocenters. The van der Waals surface area contributed by atoms with Crippen LogP contribution in [0, 0.1) is 5.92 Å². The van der Waals surface area contributed by atoms with Crippen LogP contribution in [0.3, 0.4) is 0 Å². The van der Waals surface area contributed by atoms with E-state index in [-0.39, 0.29) is 12.0 Å². The van der Waals surface area contributed by atoms with Crippen LogP contribution in [0.25, 0.3) is 0 Å². The highest BCUT2D eigenvalue weighted by atomic mass is 79.9. The highest BCUT2D eigenvalue weighted by Crippen LogP contribution is 2.25. The fourth-order valence-electron chi connectivity index (χ4n) is 2.25. The van der Waals surface area contributed by atoms with E-state index in [9.17, 15) is 5.11 Å². The number of nitrogens with one attached hydrogen (secondary N) is 1. The van der Waals surface area contributed by atoms with Gasteiger partial charge in [0.1, 0.15) is 0 Å². The third kappa shape index (κ3) is 5.04. The molecule has 0 bridgehead atoms. The van der Waals surface area contributed by atoms with Gasteiger partial charge in [-0.2, -0.15) is 0 Å². The molecule has 0 saturated carbocycles. The minimum absolute atomic E-state index is 0.227. The molecular weight excluding hydrogens is 314 g/mol. The summed E-state index contributed by atoms with van der Waals surface area (Å²) in [5.74, 6) is 0.227. The van der Waals surface area contributed by atoms with E-state index < -0.39 is 5.60 Å². The van der Waals surface area contributed by atoms with E-state index in [0.717, 1.165) is 17.4 Å². The fourth-order valence-corrected chi connectivity index (χ4v) is 2.52. The molecule has 112 valence electrons. The lowest BCUT2D eigenvalue weighted by Crippen LogP contribution is -2.38. The summed E-state index contributed by atoms with van der Waals surface area (Å²) in [6.45, 7) is 10.8. The number of benzene rings is 1. The lowest BCUT2D eigenvalue weighted by atomic mass is 9.84. The average Bonchev–Trinajstić information content (AvgIpc) is 2.39. The van der Waals surface area contributed by atoms with Gasteiger partial charge in [0.15, 0.2) is 0 Å². The number of halogens is 1. The number of aliphatic hydroxyl groups is 1. The Kier molecular flexibility index (Phi) is 6.93. The Hall–Kier alpha value is -0.640. The zero-order valence-corrected chi connectivity index (χ0v) is 14.3. The van der Waals surface area contributed by atoms with Crippen molar-refractivity contribution in [2.24, 2.45) is 5.92 Å². The molecule has 0 aliphatic heterocycles. The Balaban J connectivity index is 2.50. The van der Waals surface area contributed by atoms with Crippen molar-refractivity contribution in [1.82, 2.24) is 5.32 Å². The summed E-state index contributed by atoms with van der Waals surface area (Å²) < 4.78 is 1.09. The van der Waals surface area contributed by atoms with Crippen LogP contribution >= 0.6 is 15.9 Å². The number of hydrogen-bond donors (Lipinski definition) is 2. The van der Waals surface area contributed by atoms with E-state index >= 15 is 0 Å². The first-order valence-corrected chi connectivity index (χ1v) is 8.00. The van der Waals surface area contributed by atoms with Gasteiger partial charge in [0.05, 0.1) is 5.60 Å². The summed E-state index contributed by atoms with van der Waals surface area (Å²) in [7, 11) is 0. The molecule has 0 aliphatic carbocycles. The van der Waals surface area contributed by atoms with Gasteiger partial charge in [-0.3, -0.25) is 0 Å². The van der Waals surface area contributed by atoms with Crippen LogP contribution in [0.5, 0.6) is 0 Å². The standard InChI is InChI=1S/C17H26BrNO/c1-5-10-17(20,13(2)3)11-12-19-14(4)15-6-8-16(18)9-7-15/h5-9,13-14,19-20H,1,10-12H2,2-4H3. The van der Waals surface area contributed by atoms with E-state index in [1.54, 1.807) is 6.08 Å². The van der Waals surface area contributed by atoms with Crippen LogP contribution in [-0.4, -0.2) is 17.3 Å². The van der Waals surface area contributed by atoms with E-state index in [0.29, 0.717) is 6.42 Å². The van der Waals surface area contributed by atoms with Gasteiger partial charge >= 0.3 is 0 Å². The molecule has 0 heterocycles. The Bertz CT molecular complexity index is 416. The zero-order valence-electron chi connectivity index (χ0n) is 12.7. The van der Waals surface area contributed by atoms with Crippen molar-refractivity contribution >= 4 is 15.9 Å². The van der Waals surface area contributed by atoms with Crippen molar-refractivity contribution in [3.05, 3.63) is 47.0 Å². The molecule has 0 saturated heterocycles. The molecular formula is C17H26BrNO. The van der Waals surface area contributed by atoms with Crippen molar-refractivity contribution in [3.8, 4) is 0 Å². The summed E-state index contributed by atoms with van der Waals surface area (Å²) in [6.07, 6.45) is 3.18. The smallest absolute Gasteiger partial charge is 0.0716 e. The van der Waals surface area contributed by atoms with Gasteiger partial charge in [-0.1, -0.05) is 48.0 Å². The highest BCUT2D eigenvalue weighted by Gasteiger charge is 2.28. The van der Waals surface area contributed by atoms with Crippen LogP contribution < -0.4 is 5.32 Å². The predicted molar refractivity (Wildman–Crippen MR) is 89.8 cm³/mol. The van der Waals surface area contributed by atoms with Crippen molar-refractivity contribution in [1.29, 1.82) is 0 Å². The van der Waals surface area contributed by atoms with Crippen molar-refractivity contribution < 1.29 is 5.11 Å². The second-order valence-electron chi connectivity index (χ2n) is 5.73. The van der Waals surface area contributed by atoms with Gasteiger partial charge in [0, 0.05) is 10.5 Å². The van der Waals surface area contributed by atoms with E-state index in [2.05, 4.69) is 72.9 Å². The summed E-state index contributed by atoms with van der Waals surface area (Å²) in [4.78, 5) is 0. The van der Waals surface area contributed by atoms with Gasteiger partial charge < -0.3 is 10.4 Å². The third-order valence-electron chi connectivity index (χ3n) is 3.95. The Morgan fingerprint density at radius 3 is 2.40 bits per heavy atom. The minimum Gasteiger partial charge on any atom is -0.389 e. The lowest BCUT2D eigenvalue weighted by Gasteiger charge is -2.32. The molecule has 2 N–H and O–H groups in total. The largest absolute Gasteiger partial charge is 0.389 e. The van der Waals surface area contributed by atoms with Gasteiger partial charge in [-0.25, -0.2) is 0 Å². The van der Waals surface area contributed by atoms with Crippen molar-refractivity contribution in [2.75, 3.05) is 6.54 Å². The molecule has 0 aliphatic rings. The monoisotopic (exact) mass is 339 g/mol. The first-order chi connectivity index (χ1) is 9.39. The second-order valence-corrected chi connectivity index (χ2v) is 6.64. The molecule has 3 heteroatoms. The fraction of sp³-hybridized carbons (Fsp3) is 0.529. The molecule has 20 heavy (non-hydrogen) atoms. The van der Waals surface area contributed by atoms with E-state index in [1.165, 1.54) is 5.56 Å². The van der Waals surface area contributed by atoms with Crippen LogP contribution in [0.2, 0.25) is 0 Å². The topological polar surface area (TPSA) is 32.3 Å². The molecule has 1 aromatic carbocycles. The third-order valence-corrected chi connectivity index (χ3v) is 4.48. The molecule has 0 radical (unpaired) electrons. The Morgan fingerprint density at radius 2 is 1.90 bits per heavy atom. The number of rotatable bonds is 8. The van der Waals surface area contributed by atoms with Crippen molar-refractivity contribution in [3.63, 3.8) is 0 Å². The van der Waals surface area contributed by atoms with Gasteiger partial charge in [0.2, 0.25) is 0 Å². The molecule has 0 aromatic heterocycles. The summed E-state index contributed by atoms with van der Waals surface area (Å²) >= 11 is 3.44. The highest BCUT2D eigenvalue weighted by molar-refractivity contribution is 9.10. The number of hydrogen-bond acceptors (Lipinski definition) is 2. The molecule has 0 spiro atoms. The van der Waals surface area contributed by atoms with Crippen LogP contribution in [-0.2, 0) is 0 Å². The first-order valence-electron chi connectivity index (χ1n) is 7.21. The first kappa shape index (κ1) is 17.4. The molecule has 2 nitrogen and oxygen atoms in total. The van der Waals surface area contributed by atoms with Gasteiger partial charge in [-0.05, 0) is 49.9 Å². The van der Waals surface area contributed by atoms with E-state index in [4.69, 9.17) is 0 Å². The molecule has 1 rings (SSSR count). The lowest BCUT2D eigenvalue weighted by molar-refractivity contribution is -0.0101. The molecule has 0 amide bonds. The quantitative estimate of drug-likeness (QED) is 0.685. The second kappa shape index (κ2) is 7.96. The summed E-state index contributed by atoms with van der Waals surface area (Å²) in [5.41, 5.74) is 0.596. The maximum atomic E-state index is 10.6. The van der Waals surface area contributed by atoms with Crippen LogP contribution in [0.15, 0.2) is 41.4 Å². The maximum absolute atomic E-state index is 10.6. The van der Waals surface area contributed by atoms with Crippen molar-refractivity contribution in [2.45, 2.75) is 45.3 Å². The minimum atomic E-state index is -0.659. The van der Waals surface area contributed by atoms with Crippen LogP contribution in [0.1, 0.15) is 45.2 Å². The molecule has 1 aromatic rings. The average molecular weight is 340 g/mol. The predicted octanol–water partition coefficient (Wildman–Crippen LogP) is 4.45. The van der Waals surface area contributed by atoms with Crippen LogP contribution in [0.4, 0.5) is 0 Å². The van der Waals surface area contributed by atoms with E-state index in [1.807, 2.05) is 0 Å². The summed E-state index contributed by atoms with van der Waals surface area (Å²) in [6, 6.07) is 8.61. The molecule has 0 fully saturated rings. The maximum Gasteiger partial charge on any atom is 0.0716 e. The Labute approximate surface area is 131 Å². The van der Waals surface area contributed by atoms with Gasteiger partial charge in [0.25, 0.3) is 0 Å².